The Balaban J connectivity index is 1.37. The van der Waals surface area contributed by atoms with Crippen LogP contribution in [0.2, 0.25) is 0 Å². The van der Waals surface area contributed by atoms with Crippen molar-refractivity contribution in [3.05, 3.63) is 106 Å². The molecule has 0 spiro atoms. The van der Waals surface area contributed by atoms with Gasteiger partial charge in [-0.15, -0.1) is 0 Å². The molecule has 0 unspecified atom stereocenters. The molecule has 2 heterocycles. The van der Waals surface area contributed by atoms with Gasteiger partial charge in [-0.25, -0.2) is 9.59 Å². The zero-order valence-corrected chi connectivity index (χ0v) is 17.1. The van der Waals surface area contributed by atoms with Crippen molar-refractivity contribution in [1.82, 2.24) is 10.1 Å². The van der Waals surface area contributed by atoms with Gasteiger partial charge in [0.1, 0.15) is 0 Å². The number of hydrogen-bond acceptors (Lipinski definition) is 8. The molecule has 2 aliphatic heterocycles. The third-order valence-corrected chi connectivity index (χ3v) is 5.23. The minimum atomic E-state index is -1.19. The van der Waals surface area contributed by atoms with Gasteiger partial charge in [0, 0.05) is 0 Å². The highest BCUT2D eigenvalue weighted by molar-refractivity contribution is 6.22. The summed E-state index contributed by atoms with van der Waals surface area (Å²) in [5, 5.41) is 0.610. The first-order chi connectivity index (χ1) is 16.4. The number of imide groups is 2. The van der Waals surface area contributed by atoms with E-state index in [9.17, 15) is 28.8 Å². The average Bonchev–Trinajstić information content (AvgIpc) is 3.25. The quantitative estimate of drug-likeness (QED) is 0.548. The van der Waals surface area contributed by atoms with Gasteiger partial charge in [-0.1, -0.05) is 46.5 Å². The molecule has 10 heteroatoms. The molecule has 3 aromatic carbocycles. The molecule has 5 rings (SSSR count). The number of hydroxylamine groups is 4. The van der Waals surface area contributed by atoms with Crippen LogP contribution >= 0.6 is 0 Å². The fraction of sp³-hybridized carbons (Fsp3) is 0. The average molecular weight is 456 g/mol. The van der Waals surface area contributed by atoms with Crippen LogP contribution in [0.1, 0.15) is 62.1 Å². The van der Waals surface area contributed by atoms with Crippen LogP contribution < -0.4 is 0 Å². The van der Waals surface area contributed by atoms with E-state index in [-0.39, 0.29) is 33.4 Å². The number of fused-ring (bicyclic) bond motifs is 2. The Morgan fingerprint density at radius 1 is 0.471 bits per heavy atom. The second-order valence-electron chi connectivity index (χ2n) is 7.20. The summed E-state index contributed by atoms with van der Waals surface area (Å²) < 4.78 is 0. The highest BCUT2D eigenvalue weighted by Gasteiger charge is 2.41. The van der Waals surface area contributed by atoms with Crippen molar-refractivity contribution in [2.45, 2.75) is 0 Å². The SMILES string of the molecule is O=C(ON1C(=O)c2ccccc2C1=O)c1ccccc1C(=O)ON1C(=O)c2ccccc2C1=O. The van der Waals surface area contributed by atoms with Gasteiger partial charge < -0.3 is 9.68 Å². The van der Waals surface area contributed by atoms with Gasteiger partial charge in [0.2, 0.25) is 0 Å². The lowest BCUT2D eigenvalue weighted by Crippen LogP contribution is -2.34. The predicted molar refractivity (Wildman–Crippen MR) is 111 cm³/mol. The van der Waals surface area contributed by atoms with E-state index in [2.05, 4.69) is 0 Å². The van der Waals surface area contributed by atoms with E-state index in [4.69, 9.17) is 9.68 Å². The van der Waals surface area contributed by atoms with Crippen molar-refractivity contribution in [2.75, 3.05) is 0 Å². The fourth-order valence-electron chi connectivity index (χ4n) is 3.60. The molecule has 0 bridgehead atoms. The summed E-state index contributed by atoms with van der Waals surface area (Å²) in [5.74, 6) is -5.71. The van der Waals surface area contributed by atoms with E-state index in [1.807, 2.05) is 0 Å². The lowest BCUT2D eigenvalue weighted by atomic mass is 10.1. The van der Waals surface area contributed by atoms with E-state index in [0.717, 1.165) is 0 Å². The molecule has 0 saturated carbocycles. The Morgan fingerprint density at radius 3 is 1.03 bits per heavy atom. The van der Waals surface area contributed by atoms with Crippen molar-refractivity contribution < 1.29 is 38.4 Å². The Morgan fingerprint density at radius 2 is 0.735 bits per heavy atom. The molecule has 0 aromatic heterocycles. The number of carbonyl (C=O) groups excluding carboxylic acids is 6. The first-order valence-corrected chi connectivity index (χ1v) is 9.87. The number of nitrogens with zero attached hydrogens (tertiary/aromatic N) is 2. The Kier molecular flexibility index (Phi) is 4.75. The van der Waals surface area contributed by atoms with Crippen molar-refractivity contribution in [2.24, 2.45) is 0 Å². The summed E-state index contributed by atoms with van der Waals surface area (Å²) in [5.41, 5.74) is -0.421. The van der Waals surface area contributed by atoms with Crippen molar-refractivity contribution in [3.8, 4) is 0 Å². The monoisotopic (exact) mass is 456 g/mol. The number of carbonyl (C=O) groups is 6. The molecule has 2 aliphatic rings. The predicted octanol–water partition coefficient (Wildman–Crippen LogP) is 2.42. The van der Waals surface area contributed by atoms with Crippen LogP contribution in [0.5, 0.6) is 0 Å². The molecule has 10 nitrogen and oxygen atoms in total. The maximum atomic E-state index is 12.8. The summed E-state index contributed by atoms with van der Waals surface area (Å²) in [6, 6.07) is 17.1. The molecular weight excluding hydrogens is 444 g/mol. The second-order valence-corrected chi connectivity index (χ2v) is 7.20. The normalized spacial score (nSPS) is 14.2. The molecular formula is C24H12N2O8. The van der Waals surface area contributed by atoms with E-state index >= 15 is 0 Å². The van der Waals surface area contributed by atoms with E-state index < -0.39 is 35.6 Å². The number of hydrogen-bond donors (Lipinski definition) is 0. The van der Waals surface area contributed by atoms with E-state index in [1.165, 1.54) is 48.5 Å². The van der Waals surface area contributed by atoms with Gasteiger partial charge in [0.15, 0.2) is 0 Å². The molecule has 0 fully saturated rings. The summed E-state index contributed by atoms with van der Waals surface area (Å²) in [6.07, 6.45) is 0. The summed E-state index contributed by atoms with van der Waals surface area (Å²) in [4.78, 5) is 85.4. The van der Waals surface area contributed by atoms with Crippen LogP contribution in [0.4, 0.5) is 0 Å². The summed E-state index contributed by atoms with van der Waals surface area (Å²) in [7, 11) is 0. The molecule has 0 aliphatic carbocycles. The summed E-state index contributed by atoms with van der Waals surface area (Å²) >= 11 is 0. The number of benzene rings is 3. The maximum absolute atomic E-state index is 12.8. The lowest BCUT2D eigenvalue weighted by molar-refractivity contribution is -0.0609. The van der Waals surface area contributed by atoms with Crippen LogP contribution in [-0.4, -0.2) is 45.7 Å². The first-order valence-electron chi connectivity index (χ1n) is 9.87. The standard InChI is InChI=1S/C24H12N2O8/c27-19-13-7-1-2-8-14(13)20(28)25(19)33-23(31)17-11-5-6-12-18(17)24(32)34-26-21(29)15-9-3-4-10-16(15)22(26)30/h1-12H. The highest BCUT2D eigenvalue weighted by atomic mass is 16.7. The third-order valence-electron chi connectivity index (χ3n) is 5.23. The Bertz CT molecular complexity index is 1270. The maximum Gasteiger partial charge on any atom is 0.364 e. The van der Waals surface area contributed by atoms with Crippen molar-refractivity contribution in [1.29, 1.82) is 0 Å². The molecule has 3 aromatic rings. The lowest BCUT2D eigenvalue weighted by Gasteiger charge is -2.16. The molecule has 0 N–H and O–H groups in total. The van der Waals surface area contributed by atoms with Crippen LogP contribution in [0, 0.1) is 0 Å². The van der Waals surface area contributed by atoms with Crippen LogP contribution in [0.15, 0.2) is 72.8 Å². The largest absolute Gasteiger partial charge is 0.364 e. The molecule has 0 atom stereocenters. The zero-order chi connectivity index (χ0) is 24.0. The van der Waals surface area contributed by atoms with Crippen LogP contribution in [-0.2, 0) is 9.68 Å². The molecule has 0 radical (unpaired) electrons. The number of rotatable bonds is 4. The minimum absolute atomic E-state index is 0.0682. The van der Waals surface area contributed by atoms with Gasteiger partial charge >= 0.3 is 11.9 Å². The van der Waals surface area contributed by atoms with Crippen molar-refractivity contribution >= 4 is 35.6 Å². The van der Waals surface area contributed by atoms with Gasteiger partial charge in [-0.3, -0.25) is 19.2 Å². The molecule has 166 valence electrons. The smallest absolute Gasteiger partial charge is 0.324 e. The Hall–Kier alpha value is -5.12. The van der Waals surface area contributed by atoms with E-state index in [0.29, 0.717) is 10.1 Å². The van der Waals surface area contributed by atoms with E-state index in [1.54, 1.807) is 24.3 Å². The topological polar surface area (TPSA) is 127 Å². The fourth-order valence-corrected chi connectivity index (χ4v) is 3.60. The second kappa shape index (κ2) is 7.78. The third kappa shape index (κ3) is 3.13. The Labute approximate surface area is 190 Å². The van der Waals surface area contributed by atoms with Crippen molar-refractivity contribution in [3.63, 3.8) is 0 Å². The molecule has 0 saturated heterocycles. The van der Waals surface area contributed by atoms with Gasteiger partial charge in [-0.05, 0) is 36.4 Å². The van der Waals surface area contributed by atoms with Crippen LogP contribution in [0.3, 0.4) is 0 Å². The first kappa shape index (κ1) is 20.8. The summed E-state index contributed by atoms with van der Waals surface area (Å²) in [6.45, 7) is 0. The zero-order valence-electron chi connectivity index (χ0n) is 17.1. The van der Waals surface area contributed by atoms with Gasteiger partial charge in [-0.2, -0.15) is 0 Å². The van der Waals surface area contributed by atoms with Gasteiger partial charge in [0.05, 0.1) is 33.4 Å². The molecule has 34 heavy (non-hydrogen) atoms. The van der Waals surface area contributed by atoms with Crippen LogP contribution in [0.25, 0.3) is 0 Å². The van der Waals surface area contributed by atoms with Gasteiger partial charge in [0.25, 0.3) is 23.6 Å². The molecule has 4 amide bonds. The highest BCUT2D eigenvalue weighted by Crippen LogP contribution is 2.26. The number of amides is 4. The minimum Gasteiger partial charge on any atom is -0.324 e.